The minimum Gasteiger partial charge on any atom is -0.481 e. The van der Waals surface area contributed by atoms with Gasteiger partial charge < -0.3 is 5.11 Å². The zero-order valence-electron chi connectivity index (χ0n) is 13.4. The third kappa shape index (κ3) is 3.21. The lowest BCUT2D eigenvalue weighted by Crippen LogP contribution is -2.20. The predicted molar refractivity (Wildman–Crippen MR) is 88.9 cm³/mol. The summed E-state index contributed by atoms with van der Waals surface area (Å²) >= 11 is 1.83. The van der Waals surface area contributed by atoms with Gasteiger partial charge >= 0.3 is 5.97 Å². The van der Waals surface area contributed by atoms with E-state index < -0.39 is 5.97 Å². The number of fused-ring (bicyclic) bond motifs is 1. The third-order valence-electron chi connectivity index (χ3n) is 5.02. The molecule has 4 rings (SSSR count). The number of carboxylic acids is 1. The van der Waals surface area contributed by atoms with E-state index in [0.29, 0.717) is 0 Å². The molecule has 1 saturated heterocycles. The molecular formula is C16H21N5O2S. The summed E-state index contributed by atoms with van der Waals surface area (Å²) in [6.45, 7) is 2.39. The van der Waals surface area contributed by atoms with E-state index in [1.807, 2.05) is 11.3 Å². The van der Waals surface area contributed by atoms with Crippen LogP contribution in [0.15, 0.2) is 6.20 Å². The first-order valence-corrected chi connectivity index (χ1v) is 9.28. The molecular weight excluding hydrogens is 326 g/mol. The van der Waals surface area contributed by atoms with Crippen LogP contribution >= 0.6 is 11.3 Å². The first kappa shape index (κ1) is 15.7. The Morgan fingerprint density at radius 1 is 1.38 bits per heavy atom. The Bertz CT molecular complexity index is 691. The van der Waals surface area contributed by atoms with Crippen LogP contribution in [-0.4, -0.2) is 49.5 Å². The highest BCUT2D eigenvalue weighted by Crippen LogP contribution is 2.35. The maximum Gasteiger partial charge on any atom is 0.303 e. The van der Waals surface area contributed by atoms with Crippen LogP contribution in [0.2, 0.25) is 0 Å². The summed E-state index contributed by atoms with van der Waals surface area (Å²) in [5.74, 6) is -0.559. The second-order valence-electron chi connectivity index (χ2n) is 6.74. The van der Waals surface area contributed by atoms with E-state index in [-0.39, 0.29) is 18.3 Å². The quantitative estimate of drug-likeness (QED) is 0.857. The number of likely N-dealkylation sites (tertiary alicyclic amines) is 1. The van der Waals surface area contributed by atoms with Gasteiger partial charge in [-0.2, -0.15) is 15.4 Å². The van der Waals surface area contributed by atoms with Crippen molar-refractivity contribution in [2.24, 2.45) is 5.92 Å². The number of aromatic amines is 1. The lowest BCUT2D eigenvalue weighted by atomic mass is 9.91. The van der Waals surface area contributed by atoms with Crippen molar-refractivity contribution in [3.05, 3.63) is 27.5 Å². The van der Waals surface area contributed by atoms with E-state index in [1.54, 1.807) is 6.20 Å². The zero-order chi connectivity index (χ0) is 16.5. The minimum absolute atomic E-state index is 0.0715. The summed E-state index contributed by atoms with van der Waals surface area (Å²) in [4.78, 5) is 19.8. The molecule has 1 aliphatic carbocycles. The second kappa shape index (κ2) is 6.60. The smallest absolute Gasteiger partial charge is 0.303 e. The Kier molecular flexibility index (Phi) is 4.32. The molecule has 128 valence electrons. The monoisotopic (exact) mass is 347 g/mol. The highest BCUT2D eigenvalue weighted by atomic mass is 32.1. The van der Waals surface area contributed by atoms with Gasteiger partial charge in [0, 0.05) is 23.9 Å². The summed E-state index contributed by atoms with van der Waals surface area (Å²) in [5.41, 5.74) is 2.15. The average Bonchev–Trinajstić information content (AvgIpc) is 3.25. The second-order valence-corrected chi connectivity index (χ2v) is 7.91. The number of rotatable bonds is 5. The van der Waals surface area contributed by atoms with Crippen LogP contribution < -0.4 is 0 Å². The van der Waals surface area contributed by atoms with E-state index in [9.17, 15) is 9.90 Å². The third-order valence-corrected chi connectivity index (χ3v) is 6.16. The fraction of sp³-hybridized carbons (Fsp3) is 0.625. The number of nitrogens with zero attached hydrogens (tertiary/aromatic N) is 4. The fourth-order valence-electron chi connectivity index (χ4n) is 3.91. The summed E-state index contributed by atoms with van der Waals surface area (Å²) < 4.78 is 0. The van der Waals surface area contributed by atoms with Gasteiger partial charge in [-0.25, -0.2) is 4.98 Å². The Morgan fingerprint density at radius 2 is 2.25 bits per heavy atom. The number of nitrogens with one attached hydrogen (secondary N) is 1. The summed E-state index contributed by atoms with van der Waals surface area (Å²) in [6, 6.07) is 0. The van der Waals surface area contributed by atoms with Crippen LogP contribution in [-0.2, 0) is 24.2 Å². The standard InChI is InChI=1S/C16H21N5O2S/c22-16(23)5-10-7-21(8-11(10)13-6-17-20-19-13)9-15-18-12-3-1-2-4-14(12)24-15/h6,10-11H,1-5,7-9H2,(H,22,23)(H,17,19,20)/t10-,11+/m1/s1. The molecule has 0 unspecified atom stereocenters. The van der Waals surface area contributed by atoms with Crippen molar-refractivity contribution in [3.8, 4) is 0 Å². The maximum absolute atomic E-state index is 11.2. The number of hydrogen-bond donors (Lipinski definition) is 2. The molecule has 3 heterocycles. The van der Waals surface area contributed by atoms with E-state index in [1.165, 1.54) is 23.4 Å². The van der Waals surface area contributed by atoms with Gasteiger partial charge in [-0.05, 0) is 31.6 Å². The molecule has 7 nitrogen and oxygen atoms in total. The number of carboxylic acid groups (broad SMARTS) is 1. The van der Waals surface area contributed by atoms with Gasteiger partial charge in [-0.1, -0.05) is 0 Å². The number of H-pyrrole nitrogens is 1. The number of hydrogen-bond acceptors (Lipinski definition) is 6. The molecule has 2 N–H and O–H groups in total. The van der Waals surface area contributed by atoms with Crippen molar-refractivity contribution in [1.82, 2.24) is 25.3 Å². The lowest BCUT2D eigenvalue weighted by Gasteiger charge is -2.13. The first-order valence-electron chi connectivity index (χ1n) is 8.46. The largest absolute Gasteiger partial charge is 0.481 e. The van der Waals surface area contributed by atoms with Gasteiger partial charge in [0.2, 0.25) is 0 Å². The minimum atomic E-state index is -0.750. The molecule has 1 aliphatic heterocycles. The molecule has 2 aromatic rings. The van der Waals surface area contributed by atoms with E-state index in [0.717, 1.165) is 43.2 Å². The number of aryl methyl sites for hydroxylation is 2. The molecule has 8 heteroatoms. The number of aromatic nitrogens is 4. The van der Waals surface area contributed by atoms with Gasteiger partial charge in [-0.15, -0.1) is 11.3 Å². The summed E-state index contributed by atoms with van der Waals surface area (Å²) in [5, 5.41) is 21.1. The van der Waals surface area contributed by atoms with Gasteiger partial charge in [0.25, 0.3) is 0 Å². The highest BCUT2D eigenvalue weighted by molar-refractivity contribution is 7.11. The molecule has 2 atom stereocenters. The van der Waals surface area contributed by atoms with Crippen LogP contribution in [0.4, 0.5) is 0 Å². The molecule has 0 amide bonds. The molecule has 1 fully saturated rings. The van der Waals surface area contributed by atoms with E-state index in [4.69, 9.17) is 4.98 Å². The summed E-state index contributed by atoms with van der Waals surface area (Å²) in [6.07, 6.45) is 6.67. The molecule has 24 heavy (non-hydrogen) atoms. The Hall–Kier alpha value is -1.80. The SMILES string of the molecule is O=C(O)C[C@@H]1CN(Cc2nc3c(s2)CCCC3)C[C@@H]1c1cn[nH]n1. The molecule has 0 saturated carbocycles. The van der Waals surface area contributed by atoms with Crippen LogP contribution in [0.3, 0.4) is 0 Å². The number of thiazole rings is 1. The molecule has 0 aromatic carbocycles. The average molecular weight is 347 g/mol. The predicted octanol–water partition coefficient (Wildman–Crippen LogP) is 1.83. The van der Waals surface area contributed by atoms with Crippen LogP contribution in [0.5, 0.6) is 0 Å². The summed E-state index contributed by atoms with van der Waals surface area (Å²) in [7, 11) is 0. The van der Waals surface area contributed by atoms with Crippen molar-refractivity contribution in [3.63, 3.8) is 0 Å². The topological polar surface area (TPSA) is 95.0 Å². The van der Waals surface area contributed by atoms with Gasteiger partial charge in [0.1, 0.15) is 5.01 Å². The van der Waals surface area contributed by atoms with Gasteiger partial charge in [0.05, 0.1) is 30.6 Å². The first-order chi connectivity index (χ1) is 11.7. The molecule has 2 aromatic heterocycles. The Labute approximate surface area is 144 Å². The number of carbonyl (C=O) groups is 1. The zero-order valence-corrected chi connectivity index (χ0v) is 14.3. The van der Waals surface area contributed by atoms with Crippen LogP contribution in [0, 0.1) is 5.92 Å². The van der Waals surface area contributed by atoms with E-state index >= 15 is 0 Å². The highest BCUT2D eigenvalue weighted by Gasteiger charge is 2.37. The van der Waals surface area contributed by atoms with Crippen molar-refractivity contribution in [1.29, 1.82) is 0 Å². The van der Waals surface area contributed by atoms with Crippen LogP contribution in [0.25, 0.3) is 0 Å². The van der Waals surface area contributed by atoms with Crippen molar-refractivity contribution in [2.45, 2.75) is 44.6 Å². The van der Waals surface area contributed by atoms with Crippen molar-refractivity contribution in [2.75, 3.05) is 13.1 Å². The van der Waals surface area contributed by atoms with Crippen molar-refractivity contribution < 1.29 is 9.90 Å². The van der Waals surface area contributed by atoms with Gasteiger partial charge in [0.15, 0.2) is 0 Å². The molecule has 0 radical (unpaired) electrons. The molecule has 0 spiro atoms. The Balaban J connectivity index is 1.48. The number of aliphatic carboxylic acids is 1. The lowest BCUT2D eigenvalue weighted by molar-refractivity contribution is -0.138. The van der Waals surface area contributed by atoms with Crippen LogP contribution in [0.1, 0.15) is 46.5 Å². The Morgan fingerprint density at radius 3 is 3.00 bits per heavy atom. The fourth-order valence-corrected chi connectivity index (χ4v) is 5.11. The molecule has 2 aliphatic rings. The van der Waals surface area contributed by atoms with Crippen molar-refractivity contribution >= 4 is 17.3 Å². The maximum atomic E-state index is 11.2. The molecule has 0 bridgehead atoms. The van der Waals surface area contributed by atoms with E-state index in [2.05, 4.69) is 20.3 Å². The van der Waals surface area contributed by atoms with Gasteiger partial charge in [-0.3, -0.25) is 9.69 Å². The normalized spacial score (nSPS) is 24.2.